The van der Waals surface area contributed by atoms with Crippen LogP contribution in [-0.2, 0) is 18.8 Å². The molecular weight excluding hydrogens is 348 g/mol. The largest absolute Gasteiger partial charge is 0.399 e. The van der Waals surface area contributed by atoms with Gasteiger partial charge in [0.1, 0.15) is 0 Å². The molecule has 0 aliphatic rings. The fourth-order valence-corrected chi connectivity index (χ4v) is 3.69. The van der Waals surface area contributed by atoms with Gasteiger partial charge in [-0.1, -0.05) is 110 Å². The second kappa shape index (κ2) is 19.6. The molecule has 0 rings (SSSR count). The molecule has 158 valence electrons. The third kappa shape index (κ3) is 20.2. The molecule has 0 unspecified atom stereocenters. The molecule has 5 heteroatoms. The van der Waals surface area contributed by atoms with Gasteiger partial charge >= 0.3 is 10.4 Å². The van der Waals surface area contributed by atoms with Crippen molar-refractivity contribution in [3.05, 3.63) is 0 Å². The van der Waals surface area contributed by atoms with Gasteiger partial charge < -0.3 is 0 Å². The molecule has 4 nitrogen and oxygen atoms in total. The van der Waals surface area contributed by atoms with E-state index >= 15 is 0 Å². The van der Waals surface area contributed by atoms with Crippen molar-refractivity contribution in [2.24, 2.45) is 0 Å². The maximum absolute atomic E-state index is 11.4. The molecule has 0 amide bonds. The highest BCUT2D eigenvalue weighted by molar-refractivity contribution is 7.81. The number of unbranched alkanes of at least 4 members (excludes halogenated alkanes) is 15. The fourth-order valence-electron chi connectivity index (χ4n) is 2.97. The molecule has 0 bridgehead atoms. The topological polar surface area (TPSA) is 52.6 Å². The van der Waals surface area contributed by atoms with Crippen LogP contribution in [0.2, 0.25) is 0 Å². The number of hydrogen-bond donors (Lipinski definition) is 0. The molecule has 0 aromatic rings. The lowest BCUT2D eigenvalue weighted by Gasteiger charge is -2.06. The zero-order valence-corrected chi connectivity index (χ0v) is 18.3. The van der Waals surface area contributed by atoms with E-state index in [-0.39, 0.29) is 13.2 Å². The van der Waals surface area contributed by atoms with E-state index in [1.165, 1.54) is 77.0 Å². The molecule has 0 fully saturated rings. The minimum Gasteiger partial charge on any atom is -0.248 e. The summed E-state index contributed by atoms with van der Waals surface area (Å²) >= 11 is 0. The Balaban J connectivity index is 3.20. The highest BCUT2D eigenvalue weighted by atomic mass is 32.3. The highest BCUT2D eigenvalue weighted by Gasteiger charge is 2.10. The second-order valence-corrected chi connectivity index (χ2v) is 8.64. The molecule has 0 N–H and O–H groups in total. The Kier molecular flexibility index (Phi) is 19.5. The van der Waals surface area contributed by atoms with E-state index in [2.05, 4.69) is 6.92 Å². The minimum atomic E-state index is -3.77. The van der Waals surface area contributed by atoms with Crippen LogP contribution in [0.3, 0.4) is 0 Å². The van der Waals surface area contributed by atoms with E-state index in [0.717, 1.165) is 32.1 Å². The van der Waals surface area contributed by atoms with Crippen LogP contribution in [0.4, 0.5) is 0 Å². The lowest BCUT2D eigenvalue weighted by Crippen LogP contribution is -2.11. The second-order valence-electron chi connectivity index (χ2n) is 7.36. The molecule has 0 aromatic carbocycles. The Morgan fingerprint density at radius 1 is 0.462 bits per heavy atom. The third-order valence-electron chi connectivity index (χ3n) is 4.70. The van der Waals surface area contributed by atoms with Crippen molar-refractivity contribution in [1.82, 2.24) is 0 Å². The molecule has 0 saturated heterocycles. The molecule has 0 heterocycles. The van der Waals surface area contributed by atoms with E-state index in [1.54, 1.807) is 0 Å². The Bertz CT molecular complexity index is 368. The molecule has 26 heavy (non-hydrogen) atoms. The lowest BCUT2D eigenvalue weighted by atomic mass is 10.0. The smallest absolute Gasteiger partial charge is 0.248 e. The molecule has 0 atom stereocenters. The Labute approximate surface area is 163 Å². The van der Waals surface area contributed by atoms with Gasteiger partial charge in [-0.2, -0.15) is 8.42 Å². The quantitative estimate of drug-likeness (QED) is 0.199. The fraction of sp³-hybridized carbons (Fsp3) is 1.00. The summed E-state index contributed by atoms with van der Waals surface area (Å²) in [6.07, 6.45) is 21.1. The Hall–Kier alpha value is -0.130. The van der Waals surface area contributed by atoms with Crippen LogP contribution in [0.15, 0.2) is 0 Å². The monoisotopic (exact) mass is 392 g/mol. The summed E-state index contributed by atoms with van der Waals surface area (Å²) in [6, 6.07) is 0. The van der Waals surface area contributed by atoms with Crippen molar-refractivity contribution in [3.63, 3.8) is 0 Å². The van der Waals surface area contributed by atoms with E-state index in [0.29, 0.717) is 0 Å². The molecule has 0 spiro atoms. The summed E-state index contributed by atoms with van der Waals surface area (Å²) in [6.45, 7) is 4.72. The lowest BCUT2D eigenvalue weighted by molar-refractivity contribution is 0.209. The van der Waals surface area contributed by atoms with Crippen molar-refractivity contribution in [2.45, 2.75) is 123 Å². The first kappa shape index (κ1) is 25.9. The maximum Gasteiger partial charge on any atom is 0.399 e. The summed E-state index contributed by atoms with van der Waals surface area (Å²) in [7, 11) is -3.77. The summed E-state index contributed by atoms with van der Waals surface area (Å²) in [4.78, 5) is 0. The van der Waals surface area contributed by atoms with Crippen LogP contribution < -0.4 is 0 Å². The van der Waals surface area contributed by atoms with E-state index in [9.17, 15) is 8.42 Å². The van der Waals surface area contributed by atoms with Crippen LogP contribution in [-0.4, -0.2) is 21.6 Å². The molecule has 0 saturated carbocycles. The van der Waals surface area contributed by atoms with Gasteiger partial charge in [-0.15, -0.1) is 0 Å². The van der Waals surface area contributed by atoms with Gasteiger partial charge in [0.05, 0.1) is 13.2 Å². The third-order valence-corrected chi connectivity index (χ3v) is 5.61. The van der Waals surface area contributed by atoms with Crippen molar-refractivity contribution in [1.29, 1.82) is 0 Å². The summed E-state index contributed by atoms with van der Waals surface area (Å²) in [5.41, 5.74) is 0. The predicted octanol–water partition coefficient (Wildman–Crippen LogP) is 6.94. The van der Waals surface area contributed by atoms with Crippen LogP contribution in [0.1, 0.15) is 123 Å². The van der Waals surface area contributed by atoms with Gasteiger partial charge in [0, 0.05) is 0 Å². The van der Waals surface area contributed by atoms with Gasteiger partial charge in [-0.25, -0.2) is 8.37 Å². The molecule has 0 radical (unpaired) electrons. The van der Waals surface area contributed by atoms with Gasteiger partial charge in [0.25, 0.3) is 0 Å². The summed E-state index contributed by atoms with van der Waals surface area (Å²) < 4.78 is 32.4. The average Bonchev–Trinajstić information content (AvgIpc) is 2.61. The maximum atomic E-state index is 11.4. The van der Waals surface area contributed by atoms with Crippen molar-refractivity contribution in [2.75, 3.05) is 13.2 Å². The van der Waals surface area contributed by atoms with Gasteiger partial charge in [0.15, 0.2) is 0 Å². The van der Waals surface area contributed by atoms with Gasteiger partial charge in [-0.05, 0) is 12.8 Å². The number of rotatable bonds is 21. The first-order chi connectivity index (χ1) is 12.6. The van der Waals surface area contributed by atoms with E-state index < -0.39 is 10.4 Å². The summed E-state index contributed by atoms with van der Waals surface area (Å²) in [5.74, 6) is 0. The van der Waals surface area contributed by atoms with Gasteiger partial charge in [0.2, 0.25) is 0 Å². The van der Waals surface area contributed by atoms with Crippen molar-refractivity contribution < 1.29 is 16.8 Å². The van der Waals surface area contributed by atoms with Crippen LogP contribution in [0, 0.1) is 0 Å². The minimum absolute atomic E-state index is 0.220. The molecule has 0 aliphatic carbocycles. The normalized spacial score (nSPS) is 11.9. The molecule has 0 aromatic heterocycles. The van der Waals surface area contributed by atoms with Gasteiger partial charge in [-0.3, -0.25) is 0 Å². The Morgan fingerprint density at radius 2 is 0.769 bits per heavy atom. The van der Waals surface area contributed by atoms with Crippen LogP contribution in [0.5, 0.6) is 0 Å². The highest BCUT2D eigenvalue weighted by Crippen LogP contribution is 2.13. The van der Waals surface area contributed by atoms with E-state index in [4.69, 9.17) is 8.37 Å². The Morgan fingerprint density at radius 3 is 1.15 bits per heavy atom. The standard InChI is InChI=1S/C21H44O4S/c1-3-5-7-8-9-10-11-12-13-14-15-16-17-18-19-21-25-26(22,23)24-20-6-4-2/h3-21H2,1-2H3. The van der Waals surface area contributed by atoms with Crippen molar-refractivity contribution in [3.8, 4) is 0 Å². The van der Waals surface area contributed by atoms with E-state index in [1.807, 2.05) is 6.92 Å². The number of hydrogen-bond acceptors (Lipinski definition) is 4. The first-order valence-corrected chi connectivity index (χ1v) is 12.5. The van der Waals surface area contributed by atoms with Crippen molar-refractivity contribution >= 4 is 10.4 Å². The first-order valence-electron chi connectivity index (χ1n) is 11.2. The summed E-state index contributed by atoms with van der Waals surface area (Å²) in [5, 5.41) is 0. The average molecular weight is 393 g/mol. The zero-order valence-electron chi connectivity index (χ0n) is 17.5. The predicted molar refractivity (Wildman–Crippen MR) is 111 cm³/mol. The van der Waals surface area contributed by atoms with Crippen LogP contribution >= 0.6 is 0 Å². The van der Waals surface area contributed by atoms with Crippen LogP contribution in [0.25, 0.3) is 0 Å². The zero-order chi connectivity index (χ0) is 19.3. The molecule has 0 aliphatic heterocycles. The SMILES string of the molecule is CCCCCCCCCCCCCCCCCOS(=O)(=O)OCCCC. The molecular formula is C21H44O4S.